The molecule has 0 aliphatic carbocycles. The lowest BCUT2D eigenvalue weighted by Gasteiger charge is -2.21. The van der Waals surface area contributed by atoms with E-state index in [1.54, 1.807) is 0 Å². The van der Waals surface area contributed by atoms with E-state index >= 15 is 0 Å². The predicted molar refractivity (Wildman–Crippen MR) is 75.7 cm³/mol. The van der Waals surface area contributed by atoms with Crippen LogP contribution in [0.25, 0.3) is 0 Å². The number of nitrogens with one attached hydrogen (secondary N) is 1. The monoisotopic (exact) mass is 350 g/mol. The molecule has 19 heavy (non-hydrogen) atoms. The number of hydrogen-bond acceptors (Lipinski definition) is 4. The molecule has 1 saturated heterocycles. The highest BCUT2D eigenvalue weighted by Crippen LogP contribution is 2.25. The summed E-state index contributed by atoms with van der Waals surface area (Å²) in [5, 5.41) is 0. The Morgan fingerprint density at radius 2 is 2.21 bits per heavy atom. The number of halogens is 2. The molecule has 4 nitrogen and oxygen atoms in total. The van der Waals surface area contributed by atoms with Gasteiger partial charge in [0.25, 0.3) is 0 Å². The van der Waals surface area contributed by atoms with Crippen molar-refractivity contribution in [2.75, 3.05) is 11.5 Å². The van der Waals surface area contributed by atoms with E-state index in [0.717, 1.165) is 5.56 Å². The van der Waals surface area contributed by atoms with Crippen molar-refractivity contribution in [3.05, 3.63) is 34.1 Å². The maximum atomic E-state index is 13.3. The topological polar surface area (TPSA) is 72.2 Å². The molecule has 3 N–H and O–H groups in total. The molecular weight excluding hydrogens is 335 g/mol. The number of benzene rings is 1. The van der Waals surface area contributed by atoms with Gasteiger partial charge in [0.1, 0.15) is 5.82 Å². The second-order valence-electron chi connectivity index (χ2n) is 4.92. The molecule has 1 aromatic carbocycles. The van der Waals surface area contributed by atoms with Crippen LogP contribution in [0.3, 0.4) is 0 Å². The first-order chi connectivity index (χ1) is 8.89. The van der Waals surface area contributed by atoms with Gasteiger partial charge in [0.15, 0.2) is 9.84 Å². The SMILES string of the molecule is NNC(Cc1cc(F)cc(Br)c1)C1CCS(=O)(=O)C1. The van der Waals surface area contributed by atoms with Gasteiger partial charge in [-0.25, -0.2) is 12.8 Å². The highest BCUT2D eigenvalue weighted by atomic mass is 79.9. The van der Waals surface area contributed by atoms with Gasteiger partial charge in [0, 0.05) is 10.5 Å². The molecule has 1 heterocycles. The standard InChI is InChI=1S/C12H16BrFN2O2S/c13-10-3-8(4-11(14)6-10)5-12(16-15)9-1-2-19(17,18)7-9/h3-4,6,9,12,16H,1-2,5,7,15H2. The summed E-state index contributed by atoms with van der Waals surface area (Å²) >= 11 is 3.24. The number of rotatable bonds is 4. The van der Waals surface area contributed by atoms with Crippen LogP contribution >= 0.6 is 15.9 Å². The van der Waals surface area contributed by atoms with Crippen LogP contribution in [-0.4, -0.2) is 26.0 Å². The third kappa shape index (κ3) is 3.98. The fourth-order valence-electron chi connectivity index (χ4n) is 2.49. The van der Waals surface area contributed by atoms with E-state index in [9.17, 15) is 12.8 Å². The minimum atomic E-state index is -2.94. The maximum Gasteiger partial charge on any atom is 0.150 e. The van der Waals surface area contributed by atoms with Crippen molar-refractivity contribution in [1.29, 1.82) is 0 Å². The van der Waals surface area contributed by atoms with E-state index in [1.807, 2.05) is 6.07 Å². The van der Waals surface area contributed by atoms with Crippen LogP contribution < -0.4 is 11.3 Å². The summed E-state index contributed by atoms with van der Waals surface area (Å²) in [6.45, 7) is 0. The first-order valence-corrected chi connectivity index (χ1v) is 8.62. The van der Waals surface area contributed by atoms with Gasteiger partial charge in [0.05, 0.1) is 11.5 Å². The molecule has 0 saturated carbocycles. The zero-order valence-corrected chi connectivity index (χ0v) is 12.7. The van der Waals surface area contributed by atoms with Gasteiger partial charge in [-0.2, -0.15) is 0 Å². The minimum absolute atomic E-state index is 0.0166. The Bertz CT molecular complexity index is 545. The number of nitrogens with two attached hydrogens (primary N) is 1. The van der Waals surface area contributed by atoms with Gasteiger partial charge in [0.2, 0.25) is 0 Å². The van der Waals surface area contributed by atoms with Crippen LogP contribution in [0.2, 0.25) is 0 Å². The highest BCUT2D eigenvalue weighted by Gasteiger charge is 2.33. The third-order valence-corrected chi connectivity index (χ3v) is 5.68. The Labute approximate surface area is 120 Å². The van der Waals surface area contributed by atoms with Crippen molar-refractivity contribution >= 4 is 25.8 Å². The van der Waals surface area contributed by atoms with Crippen LogP contribution in [0.5, 0.6) is 0 Å². The highest BCUT2D eigenvalue weighted by molar-refractivity contribution is 9.10. The Kier molecular flexibility index (Phi) is 4.60. The van der Waals surface area contributed by atoms with Crippen LogP contribution in [0.15, 0.2) is 22.7 Å². The average molecular weight is 351 g/mol. The summed E-state index contributed by atoms with van der Waals surface area (Å²) in [5.41, 5.74) is 3.46. The summed E-state index contributed by atoms with van der Waals surface area (Å²) in [4.78, 5) is 0. The van der Waals surface area contributed by atoms with Gasteiger partial charge in [-0.15, -0.1) is 0 Å². The van der Waals surface area contributed by atoms with E-state index in [1.165, 1.54) is 12.1 Å². The minimum Gasteiger partial charge on any atom is -0.271 e. The number of hydrazine groups is 1. The van der Waals surface area contributed by atoms with Crippen molar-refractivity contribution < 1.29 is 12.8 Å². The summed E-state index contributed by atoms with van der Waals surface area (Å²) in [6.07, 6.45) is 1.11. The van der Waals surface area contributed by atoms with Gasteiger partial charge in [-0.05, 0) is 42.5 Å². The smallest absolute Gasteiger partial charge is 0.150 e. The first kappa shape index (κ1) is 14.9. The van der Waals surface area contributed by atoms with E-state index in [4.69, 9.17) is 5.84 Å². The zero-order chi connectivity index (χ0) is 14.0. The Balaban J connectivity index is 2.11. The average Bonchev–Trinajstić information content (AvgIpc) is 2.65. The molecule has 1 aliphatic rings. The van der Waals surface area contributed by atoms with Crippen LogP contribution in [0.4, 0.5) is 4.39 Å². The lowest BCUT2D eigenvalue weighted by Crippen LogP contribution is -2.43. The molecule has 0 amide bonds. The molecule has 2 unspecified atom stereocenters. The van der Waals surface area contributed by atoms with Gasteiger partial charge < -0.3 is 0 Å². The molecular formula is C12H16BrFN2O2S. The molecule has 1 fully saturated rings. The quantitative estimate of drug-likeness (QED) is 0.635. The summed E-state index contributed by atoms with van der Waals surface area (Å²) < 4.78 is 36.9. The molecule has 2 atom stereocenters. The molecule has 106 valence electrons. The molecule has 0 spiro atoms. The van der Waals surface area contributed by atoms with Gasteiger partial charge in [-0.1, -0.05) is 15.9 Å². The van der Waals surface area contributed by atoms with Crippen molar-refractivity contribution in [2.24, 2.45) is 11.8 Å². The summed E-state index contributed by atoms with van der Waals surface area (Å²) in [5.74, 6) is 5.54. The Morgan fingerprint density at radius 1 is 1.47 bits per heavy atom. The number of hydrogen-bond donors (Lipinski definition) is 2. The zero-order valence-electron chi connectivity index (χ0n) is 10.3. The summed E-state index contributed by atoms with van der Waals surface area (Å²) in [6, 6.07) is 4.48. The third-order valence-electron chi connectivity index (χ3n) is 3.43. The van der Waals surface area contributed by atoms with Crippen LogP contribution in [0, 0.1) is 11.7 Å². The maximum absolute atomic E-state index is 13.3. The normalized spacial score (nSPS) is 23.4. The molecule has 0 radical (unpaired) electrons. The molecule has 0 bridgehead atoms. The second kappa shape index (κ2) is 5.87. The van der Waals surface area contributed by atoms with E-state index < -0.39 is 9.84 Å². The number of sulfone groups is 1. The predicted octanol–water partition coefficient (Wildman–Crippen LogP) is 1.40. The molecule has 1 aliphatic heterocycles. The Hall–Kier alpha value is -0.500. The lowest BCUT2D eigenvalue weighted by atomic mass is 9.93. The van der Waals surface area contributed by atoms with E-state index in [2.05, 4.69) is 21.4 Å². The molecule has 2 rings (SSSR count). The molecule has 0 aromatic heterocycles. The van der Waals surface area contributed by atoms with Gasteiger partial charge >= 0.3 is 0 Å². The van der Waals surface area contributed by atoms with Crippen molar-refractivity contribution in [2.45, 2.75) is 18.9 Å². The van der Waals surface area contributed by atoms with Crippen molar-refractivity contribution in [1.82, 2.24) is 5.43 Å². The van der Waals surface area contributed by atoms with Crippen molar-refractivity contribution in [3.8, 4) is 0 Å². The fraction of sp³-hybridized carbons (Fsp3) is 0.500. The van der Waals surface area contributed by atoms with Gasteiger partial charge in [-0.3, -0.25) is 11.3 Å². The fourth-order valence-corrected chi connectivity index (χ4v) is 4.88. The summed E-state index contributed by atoms with van der Waals surface area (Å²) in [7, 11) is -2.94. The van der Waals surface area contributed by atoms with E-state index in [0.29, 0.717) is 17.3 Å². The van der Waals surface area contributed by atoms with Crippen molar-refractivity contribution in [3.63, 3.8) is 0 Å². The van der Waals surface area contributed by atoms with Crippen LogP contribution in [-0.2, 0) is 16.3 Å². The largest absolute Gasteiger partial charge is 0.271 e. The molecule has 7 heteroatoms. The first-order valence-electron chi connectivity index (χ1n) is 6.01. The second-order valence-corrected chi connectivity index (χ2v) is 8.06. The lowest BCUT2D eigenvalue weighted by molar-refractivity contribution is 0.384. The van der Waals surface area contributed by atoms with Crippen LogP contribution in [0.1, 0.15) is 12.0 Å². The van der Waals surface area contributed by atoms with E-state index in [-0.39, 0.29) is 29.3 Å². The Morgan fingerprint density at radius 3 is 2.74 bits per heavy atom. The molecule has 1 aromatic rings.